The number of aryl methyl sites for hydroxylation is 1. The summed E-state index contributed by atoms with van der Waals surface area (Å²) in [5.74, 6) is 1.06. The van der Waals surface area contributed by atoms with Crippen LogP contribution in [0.15, 0.2) is 52.0 Å². The lowest BCUT2D eigenvalue weighted by atomic mass is 10.1. The van der Waals surface area contributed by atoms with Gasteiger partial charge in [0.1, 0.15) is 5.76 Å². The van der Waals surface area contributed by atoms with Gasteiger partial charge in [-0.1, -0.05) is 37.3 Å². The summed E-state index contributed by atoms with van der Waals surface area (Å²) < 4.78 is 5.26. The molecular weight excluding hydrogens is 244 g/mol. The van der Waals surface area contributed by atoms with Crippen molar-refractivity contribution < 1.29 is 9.21 Å². The molecule has 1 unspecified atom stereocenters. The van der Waals surface area contributed by atoms with Gasteiger partial charge in [-0.15, -0.1) is 11.8 Å². The number of carbonyl (C=O) groups excluding carboxylic acids is 1. The SMILES string of the molecule is CCC(Sc1ccoc1C)C(=O)c1ccccc1. The number of hydrogen-bond acceptors (Lipinski definition) is 3. The second-order valence-corrected chi connectivity index (χ2v) is 5.33. The summed E-state index contributed by atoms with van der Waals surface area (Å²) >= 11 is 1.58. The molecule has 0 spiro atoms. The predicted octanol–water partition coefficient (Wildman–Crippen LogP) is 4.34. The van der Waals surface area contributed by atoms with Crippen molar-refractivity contribution in [3.63, 3.8) is 0 Å². The van der Waals surface area contributed by atoms with Gasteiger partial charge in [-0.25, -0.2) is 0 Å². The average molecular weight is 260 g/mol. The number of furan rings is 1. The van der Waals surface area contributed by atoms with E-state index in [1.165, 1.54) is 0 Å². The Morgan fingerprint density at radius 3 is 2.56 bits per heavy atom. The lowest BCUT2D eigenvalue weighted by Gasteiger charge is -2.12. The summed E-state index contributed by atoms with van der Waals surface area (Å²) in [6.45, 7) is 3.95. The van der Waals surface area contributed by atoms with Crippen molar-refractivity contribution in [1.29, 1.82) is 0 Å². The summed E-state index contributed by atoms with van der Waals surface area (Å²) in [7, 11) is 0. The topological polar surface area (TPSA) is 30.2 Å². The Kier molecular flexibility index (Phi) is 4.26. The summed E-state index contributed by atoms with van der Waals surface area (Å²) in [6, 6.07) is 11.4. The fraction of sp³-hybridized carbons (Fsp3) is 0.267. The third-order valence-electron chi connectivity index (χ3n) is 2.80. The van der Waals surface area contributed by atoms with Crippen LogP contribution in [0.2, 0.25) is 0 Å². The van der Waals surface area contributed by atoms with Gasteiger partial charge in [0.2, 0.25) is 0 Å². The van der Waals surface area contributed by atoms with Crippen LogP contribution in [-0.2, 0) is 0 Å². The zero-order valence-electron chi connectivity index (χ0n) is 10.6. The number of ketones is 1. The van der Waals surface area contributed by atoms with Crippen LogP contribution in [0.3, 0.4) is 0 Å². The third-order valence-corrected chi connectivity index (χ3v) is 4.31. The quantitative estimate of drug-likeness (QED) is 0.591. The molecule has 0 saturated heterocycles. The molecule has 0 fully saturated rings. The number of thioether (sulfide) groups is 1. The zero-order chi connectivity index (χ0) is 13.0. The Balaban J connectivity index is 2.15. The van der Waals surface area contributed by atoms with E-state index in [9.17, 15) is 4.79 Å². The molecule has 2 aromatic rings. The van der Waals surface area contributed by atoms with Gasteiger partial charge in [-0.3, -0.25) is 4.79 Å². The molecule has 3 heteroatoms. The van der Waals surface area contributed by atoms with Crippen molar-refractivity contribution in [3.8, 4) is 0 Å². The maximum Gasteiger partial charge on any atom is 0.176 e. The van der Waals surface area contributed by atoms with Crippen molar-refractivity contribution in [3.05, 3.63) is 54.0 Å². The van der Waals surface area contributed by atoms with E-state index in [2.05, 4.69) is 0 Å². The Hall–Kier alpha value is -1.48. The number of rotatable bonds is 5. The maximum absolute atomic E-state index is 12.4. The molecule has 1 aromatic heterocycles. The molecule has 1 aromatic carbocycles. The molecule has 0 amide bonds. The van der Waals surface area contributed by atoms with Crippen LogP contribution in [0.5, 0.6) is 0 Å². The predicted molar refractivity (Wildman–Crippen MR) is 74.2 cm³/mol. The van der Waals surface area contributed by atoms with Crippen molar-refractivity contribution in [2.45, 2.75) is 30.4 Å². The Labute approximate surface area is 111 Å². The standard InChI is InChI=1S/C15H16O2S/c1-3-13(18-14-9-10-17-11(14)2)15(16)12-7-5-4-6-8-12/h4-10,13H,3H2,1-2H3. The molecule has 0 bridgehead atoms. The van der Waals surface area contributed by atoms with Gasteiger partial charge in [0, 0.05) is 10.5 Å². The van der Waals surface area contributed by atoms with Gasteiger partial charge in [0.15, 0.2) is 5.78 Å². The average Bonchev–Trinajstić information content (AvgIpc) is 2.81. The van der Waals surface area contributed by atoms with Gasteiger partial charge in [0.05, 0.1) is 11.5 Å². The minimum Gasteiger partial charge on any atom is -0.468 e. The first-order valence-corrected chi connectivity index (χ1v) is 6.90. The number of Topliss-reactive ketones (excluding diaryl/α,β-unsaturated/α-hetero) is 1. The van der Waals surface area contributed by atoms with Crippen molar-refractivity contribution >= 4 is 17.5 Å². The van der Waals surface area contributed by atoms with Crippen LogP contribution in [0.25, 0.3) is 0 Å². The molecule has 1 heterocycles. The van der Waals surface area contributed by atoms with E-state index >= 15 is 0 Å². The number of hydrogen-bond donors (Lipinski definition) is 0. The molecular formula is C15H16O2S. The second kappa shape index (κ2) is 5.91. The normalized spacial score (nSPS) is 12.3. The smallest absolute Gasteiger partial charge is 0.176 e. The first-order chi connectivity index (χ1) is 8.72. The van der Waals surface area contributed by atoms with Crippen molar-refractivity contribution in [2.24, 2.45) is 0 Å². The summed E-state index contributed by atoms with van der Waals surface area (Å²) in [5.41, 5.74) is 0.776. The van der Waals surface area contributed by atoms with Gasteiger partial charge < -0.3 is 4.42 Å². The van der Waals surface area contributed by atoms with Crippen LogP contribution in [0.4, 0.5) is 0 Å². The highest BCUT2D eigenvalue weighted by Gasteiger charge is 2.20. The molecule has 0 saturated carbocycles. The summed E-state index contributed by atoms with van der Waals surface area (Å²) in [6.07, 6.45) is 2.47. The summed E-state index contributed by atoms with van der Waals surface area (Å²) in [4.78, 5) is 13.4. The highest BCUT2D eigenvalue weighted by molar-refractivity contribution is 8.00. The zero-order valence-corrected chi connectivity index (χ0v) is 11.4. The highest BCUT2D eigenvalue weighted by atomic mass is 32.2. The molecule has 18 heavy (non-hydrogen) atoms. The minimum atomic E-state index is -0.0521. The van der Waals surface area contributed by atoms with Crippen LogP contribution in [0, 0.1) is 6.92 Å². The van der Waals surface area contributed by atoms with Crippen LogP contribution in [-0.4, -0.2) is 11.0 Å². The van der Waals surface area contributed by atoms with E-state index < -0.39 is 0 Å². The van der Waals surface area contributed by atoms with E-state index in [0.29, 0.717) is 0 Å². The van der Waals surface area contributed by atoms with E-state index in [-0.39, 0.29) is 11.0 Å². The molecule has 2 rings (SSSR count). The molecule has 0 aliphatic rings. The fourth-order valence-corrected chi connectivity index (χ4v) is 2.82. The van der Waals surface area contributed by atoms with Gasteiger partial charge >= 0.3 is 0 Å². The molecule has 1 atom stereocenters. The van der Waals surface area contributed by atoms with Gasteiger partial charge in [-0.05, 0) is 19.4 Å². The molecule has 0 aliphatic heterocycles. The van der Waals surface area contributed by atoms with Crippen LogP contribution in [0.1, 0.15) is 29.5 Å². The van der Waals surface area contributed by atoms with E-state index in [0.717, 1.165) is 22.6 Å². The third kappa shape index (κ3) is 2.85. The van der Waals surface area contributed by atoms with Crippen LogP contribution >= 0.6 is 11.8 Å². The molecule has 2 nitrogen and oxygen atoms in total. The van der Waals surface area contributed by atoms with E-state index in [1.54, 1.807) is 18.0 Å². The lowest BCUT2D eigenvalue weighted by molar-refractivity contribution is 0.0988. The number of carbonyl (C=O) groups is 1. The summed E-state index contributed by atoms with van der Waals surface area (Å²) in [5, 5.41) is -0.0521. The first kappa shape index (κ1) is 13.0. The van der Waals surface area contributed by atoms with E-state index in [1.807, 2.05) is 50.2 Å². The largest absolute Gasteiger partial charge is 0.468 e. The Morgan fingerprint density at radius 1 is 1.28 bits per heavy atom. The van der Waals surface area contributed by atoms with Crippen molar-refractivity contribution in [2.75, 3.05) is 0 Å². The highest BCUT2D eigenvalue weighted by Crippen LogP contribution is 2.30. The minimum absolute atomic E-state index is 0.0521. The second-order valence-electron chi connectivity index (χ2n) is 4.09. The molecule has 0 N–H and O–H groups in total. The Morgan fingerprint density at radius 2 is 2.00 bits per heavy atom. The lowest BCUT2D eigenvalue weighted by Crippen LogP contribution is -2.16. The Bertz CT molecular complexity index is 516. The van der Waals surface area contributed by atoms with Crippen molar-refractivity contribution in [1.82, 2.24) is 0 Å². The van der Waals surface area contributed by atoms with Gasteiger partial charge in [0.25, 0.3) is 0 Å². The molecule has 0 aliphatic carbocycles. The monoisotopic (exact) mass is 260 g/mol. The maximum atomic E-state index is 12.4. The molecule has 0 radical (unpaired) electrons. The van der Waals surface area contributed by atoms with Crippen LogP contribution < -0.4 is 0 Å². The molecule has 94 valence electrons. The first-order valence-electron chi connectivity index (χ1n) is 6.02. The number of benzene rings is 1. The van der Waals surface area contributed by atoms with Gasteiger partial charge in [-0.2, -0.15) is 0 Å². The fourth-order valence-electron chi connectivity index (χ4n) is 1.76. The van der Waals surface area contributed by atoms with E-state index in [4.69, 9.17) is 4.42 Å².